The summed E-state index contributed by atoms with van der Waals surface area (Å²) >= 11 is 1.75. The molecule has 2 amide bonds. The lowest BCUT2D eigenvalue weighted by molar-refractivity contribution is 0.214. The molecule has 1 N–H and O–H groups in total. The molecule has 1 fully saturated rings. The molecule has 1 atom stereocenters. The third-order valence-electron chi connectivity index (χ3n) is 4.70. The van der Waals surface area contributed by atoms with Gasteiger partial charge in [-0.3, -0.25) is 0 Å². The Bertz CT molecular complexity index is 997. The van der Waals surface area contributed by atoms with Gasteiger partial charge in [-0.25, -0.2) is 4.79 Å². The SMILES string of the molecule is CCOc1ccccc1NC(=O)N1CCS[C@H]1c1cccc(Oc2ccccc2)c1. The quantitative estimate of drug-likeness (QED) is 0.519. The number of rotatable bonds is 6. The van der Waals surface area contributed by atoms with E-state index in [1.165, 1.54) is 0 Å². The van der Waals surface area contributed by atoms with E-state index < -0.39 is 0 Å². The van der Waals surface area contributed by atoms with E-state index in [0.717, 1.165) is 22.8 Å². The molecule has 0 bridgehead atoms. The highest BCUT2D eigenvalue weighted by molar-refractivity contribution is 7.99. The van der Waals surface area contributed by atoms with Crippen LogP contribution in [-0.4, -0.2) is 29.8 Å². The van der Waals surface area contributed by atoms with Crippen molar-refractivity contribution in [3.8, 4) is 17.2 Å². The summed E-state index contributed by atoms with van der Waals surface area (Å²) in [7, 11) is 0. The lowest BCUT2D eigenvalue weighted by atomic mass is 10.2. The summed E-state index contributed by atoms with van der Waals surface area (Å²) in [6, 6.07) is 25.0. The number of thioether (sulfide) groups is 1. The van der Waals surface area contributed by atoms with E-state index in [9.17, 15) is 4.79 Å². The van der Waals surface area contributed by atoms with Crippen molar-refractivity contribution in [2.24, 2.45) is 0 Å². The standard InChI is InChI=1S/C24H24N2O3S/c1-2-28-22-14-7-6-13-21(22)25-24(27)26-15-16-30-23(26)18-9-8-12-20(17-18)29-19-10-4-3-5-11-19/h3-14,17,23H,2,15-16H2,1H3,(H,25,27)/t23-/m0/s1. The van der Waals surface area contributed by atoms with Gasteiger partial charge in [-0.15, -0.1) is 11.8 Å². The number of para-hydroxylation sites is 3. The van der Waals surface area contributed by atoms with E-state index in [-0.39, 0.29) is 11.4 Å². The number of carbonyl (C=O) groups excluding carboxylic acids is 1. The molecule has 0 saturated carbocycles. The molecule has 0 radical (unpaired) electrons. The number of carbonyl (C=O) groups is 1. The smallest absolute Gasteiger partial charge is 0.323 e. The molecule has 154 valence electrons. The second kappa shape index (κ2) is 9.59. The van der Waals surface area contributed by atoms with Gasteiger partial charge in [-0.1, -0.05) is 42.5 Å². The minimum absolute atomic E-state index is 0.0661. The van der Waals surface area contributed by atoms with Gasteiger partial charge in [0.25, 0.3) is 0 Å². The average Bonchev–Trinajstić information content (AvgIpc) is 3.26. The van der Waals surface area contributed by atoms with Gasteiger partial charge in [-0.2, -0.15) is 0 Å². The summed E-state index contributed by atoms with van der Waals surface area (Å²) in [4.78, 5) is 14.9. The number of hydrogen-bond acceptors (Lipinski definition) is 4. The Hall–Kier alpha value is -3.12. The third kappa shape index (κ3) is 4.71. The summed E-state index contributed by atoms with van der Waals surface area (Å²) in [5, 5.41) is 2.94. The summed E-state index contributed by atoms with van der Waals surface area (Å²) in [5.74, 6) is 3.11. The Balaban J connectivity index is 1.50. The van der Waals surface area contributed by atoms with Crippen LogP contribution in [0.1, 0.15) is 17.9 Å². The molecule has 3 aromatic rings. The van der Waals surface area contributed by atoms with Crippen LogP contribution in [0.5, 0.6) is 17.2 Å². The first-order chi connectivity index (χ1) is 14.7. The Morgan fingerprint density at radius 3 is 2.63 bits per heavy atom. The average molecular weight is 421 g/mol. The number of nitrogens with one attached hydrogen (secondary N) is 1. The number of ether oxygens (including phenoxy) is 2. The predicted molar refractivity (Wildman–Crippen MR) is 121 cm³/mol. The topological polar surface area (TPSA) is 50.8 Å². The van der Waals surface area contributed by atoms with Gasteiger partial charge >= 0.3 is 6.03 Å². The first-order valence-electron chi connectivity index (χ1n) is 9.98. The Morgan fingerprint density at radius 2 is 1.80 bits per heavy atom. The molecule has 1 aliphatic heterocycles. The monoisotopic (exact) mass is 420 g/mol. The highest BCUT2D eigenvalue weighted by Crippen LogP contribution is 2.40. The van der Waals surface area contributed by atoms with Gasteiger partial charge < -0.3 is 19.7 Å². The molecule has 3 aromatic carbocycles. The van der Waals surface area contributed by atoms with E-state index in [1.807, 2.05) is 90.7 Å². The van der Waals surface area contributed by atoms with Crippen molar-refractivity contribution in [2.45, 2.75) is 12.3 Å². The molecule has 1 saturated heterocycles. The third-order valence-corrected chi connectivity index (χ3v) is 5.96. The summed E-state index contributed by atoms with van der Waals surface area (Å²) < 4.78 is 11.6. The maximum Gasteiger partial charge on any atom is 0.323 e. The molecule has 6 heteroatoms. The Kier molecular flexibility index (Phi) is 6.44. The number of amides is 2. The molecule has 0 aliphatic carbocycles. The van der Waals surface area contributed by atoms with Crippen LogP contribution in [0.2, 0.25) is 0 Å². The number of nitrogens with zero attached hydrogens (tertiary/aromatic N) is 1. The zero-order valence-electron chi connectivity index (χ0n) is 16.8. The normalized spacial score (nSPS) is 15.6. The van der Waals surface area contributed by atoms with Gasteiger partial charge in [0, 0.05) is 12.3 Å². The largest absolute Gasteiger partial charge is 0.492 e. The first kappa shape index (κ1) is 20.2. The van der Waals surface area contributed by atoms with E-state index in [2.05, 4.69) is 5.32 Å². The molecule has 4 rings (SSSR count). The molecule has 30 heavy (non-hydrogen) atoms. The van der Waals surface area contributed by atoms with Gasteiger partial charge in [0.05, 0.1) is 12.3 Å². The second-order valence-electron chi connectivity index (χ2n) is 6.76. The maximum absolute atomic E-state index is 13.0. The fourth-order valence-corrected chi connectivity index (χ4v) is 4.59. The van der Waals surface area contributed by atoms with Gasteiger partial charge in [-0.05, 0) is 48.9 Å². The summed E-state index contributed by atoms with van der Waals surface area (Å²) in [6.45, 7) is 3.15. The van der Waals surface area contributed by atoms with Crippen molar-refractivity contribution < 1.29 is 14.3 Å². The number of hydrogen-bond donors (Lipinski definition) is 1. The van der Waals surface area contributed by atoms with Crippen molar-refractivity contribution in [2.75, 3.05) is 24.2 Å². The number of benzene rings is 3. The highest BCUT2D eigenvalue weighted by atomic mass is 32.2. The van der Waals surface area contributed by atoms with Crippen molar-refractivity contribution in [1.29, 1.82) is 0 Å². The van der Waals surface area contributed by atoms with Crippen molar-refractivity contribution in [3.05, 3.63) is 84.4 Å². The van der Waals surface area contributed by atoms with Crippen molar-refractivity contribution in [3.63, 3.8) is 0 Å². The minimum atomic E-state index is -0.133. The molecule has 0 unspecified atom stereocenters. The van der Waals surface area contributed by atoms with Crippen LogP contribution in [0.4, 0.5) is 10.5 Å². The minimum Gasteiger partial charge on any atom is -0.492 e. The van der Waals surface area contributed by atoms with Crippen molar-refractivity contribution in [1.82, 2.24) is 4.90 Å². The summed E-state index contributed by atoms with van der Waals surface area (Å²) in [6.07, 6.45) is 0. The maximum atomic E-state index is 13.0. The van der Waals surface area contributed by atoms with Gasteiger partial charge in [0.1, 0.15) is 22.6 Å². The lowest BCUT2D eigenvalue weighted by Crippen LogP contribution is -2.34. The summed E-state index contributed by atoms with van der Waals surface area (Å²) in [5.41, 5.74) is 1.72. The van der Waals surface area contributed by atoms with E-state index >= 15 is 0 Å². The lowest BCUT2D eigenvalue weighted by Gasteiger charge is -2.25. The molecule has 0 spiro atoms. The van der Waals surface area contributed by atoms with Gasteiger partial charge in [0.2, 0.25) is 0 Å². The van der Waals surface area contributed by atoms with E-state index in [4.69, 9.17) is 9.47 Å². The van der Waals surface area contributed by atoms with Crippen molar-refractivity contribution >= 4 is 23.5 Å². The van der Waals surface area contributed by atoms with Crippen LogP contribution >= 0.6 is 11.8 Å². The van der Waals surface area contributed by atoms with E-state index in [0.29, 0.717) is 24.6 Å². The number of anilines is 1. The Labute approximate surface area is 181 Å². The van der Waals surface area contributed by atoms with Crippen LogP contribution in [0.3, 0.4) is 0 Å². The second-order valence-corrected chi connectivity index (χ2v) is 7.95. The van der Waals surface area contributed by atoms with Crippen LogP contribution < -0.4 is 14.8 Å². The van der Waals surface area contributed by atoms with Crippen LogP contribution in [-0.2, 0) is 0 Å². The van der Waals surface area contributed by atoms with E-state index in [1.54, 1.807) is 11.8 Å². The molecule has 5 nitrogen and oxygen atoms in total. The molecule has 1 aliphatic rings. The fourth-order valence-electron chi connectivity index (χ4n) is 3.35. The van der Waals surface area contributed by atoms with Gasteiger partial charge in [0.15, 0.2) is 0 Å². The first-order valence-corrected chi connectivity index (χ1v) is 11.0. The van der Waals surface area contributed by atoms with Crippen LogP contribution in [0.15, 0.2) is 78.9 Å². The zero-order chi connectivity index (χ0) is 20.8. The molecular formula is C24H24N2O3S. The zero-order valence-corrected chi connectivity index (χ0v) is 17.6. The molecule has 1 heterocycles. The van der Waals surface area contributed by atoms with Crippen LogP contribution in [0.25, 0.3) is 0 Å². The highest BCUT2D eigenvalue weighted by Gasteiger charge is 2.31. The predicted octanol–water partition coefficient (Wildman–Crippen LogP) is 6.16. The Morgan fingerprint density at radius 1 is 1.03 bits per heavy atom. The molecular weight excluding hydrogens is 396 g/mol. The van der Waals surface area contributed by atoms with Crippen LogP contribution in [0, 0.1) is 0 Å². The molecule has 0 aromatic heterocycles. The fraction of sp³-hybridized carbons (Fsp3) is 0.208. The number of urea groups is 1.